The average molecular weight is 229 g/mol. The summed E-state index contributed by atoms with van der Waals surface area (Å²) in [6.45, 7) is 2.09. The molecular formula is C9H15N3O4. The van der Waals surface area contributed by atoms with Crippen LogP contribution in [0.1, 0.15) is 13.3 Å². The maximum Gasteiger partial charge on any atom is 0.317 e. The summed E-state index contributed by atoms with van der Waals surface area (Å²) in [4.78, 5) is 33.9. The van der Waals surface area contributed by atoms with Crippen molar-refractivity contribution in [1.29, 1.82) is 0 Å². The molecule has 0 aromatic heterocycles. The number of carbonyl (C=O) groups is 3. The number of hydrogen-bond donors (Lipinski definition) is 3. The molecule has 7 nitrogen and oxygen atoms in total. The van der Waals surface area contributed by atoms with Crippen molar-refractivity contribution >= 4 is 17.9 Å². The first-order valence-electron chi connectivity index (χ1n) is 4.96. The van der Waals surface area contributed by atoms with E-state index in [4.69, 9.17) is 10.8 Å². The van der Waals surface area contributed by atoms with Crippen molar-refractivity contribution in [2.24, 2.45) is 11.7 Å². The van der Waals surface area contributed by atoms with Crippen molar-refractivity contribution in [2.75, 3.05) is 13.1 Å². The minimum Gasteiger partial charge on any atom is -0.481 e. The third kappa shape index (κ3) is 3.11. The van der Waals surface area contributed by atoms with Crippen LogP contribution in [-0.4, -0.2) is 47.0 Å². The molecule has 1 aliphatic heterocycles. The molecule has 0 spiro atoms. The van der Waals surface area contributed by atoms with Crippen LogP contribution in [0.5, 0.6) is 0 Å². The first-order valence-corrected chi connectivity index (χ1v) is 4.96. The highest BCUT2D eigenvalue weighted by Crippen LogP contribution is 2.15. The highest BCUT2D eigenvalue weighted by atomic mass is 16.4. The van der Waals surface area contributed by atoms with Crippen LogP contribution in [0.4, 0.5) is 4.79 Å². The van der Waals surface area contributed by atoms with E-state index in [9.17, 15) is 14.4 Å². The molecule has 1 rings (SSSR count). The van der Waals surface area contributed by atoms with Gasteiger partial charge in [-0.05, 0) is 6.92 Å². The molecule has 0 saturated carbocycles. The van der Waals surface area contributed by atoms with Crippen LogP contribution in [0.25, 0.3) is 0 Å². The minimum atomic E-state index is -0.894. The quantitative estimate of drug-likeness (QED) is 0.572. The number of primary amides is 1. The molecule has 1 heterocycles. The lowest BCUT2D eigenvalue weighted by Crippen LogP contribution is -2.57. The van der Waals surface area contributed by atoms with Gasteiger partial charge in [0.2, 0.25) is 5.91 Å². The van der Waals surface area contributed by atoms with E-state index < -0.39 is 17.8 Å². The first kappa shape index (κ1) is 12.3. The zero-order valence-electron chi connectivity index (χ0n) is 8.97. The van der Waals surface area contributed by atoms with Gasteiger partial charge in [0.1, 0.15) is 0 Å². The van der Waals surface area contributed by atoms with Gasteiger partial charge in [0.05, 0.1) is 5.92 Å². The molecule has 0 aliphatic carbocycles. The third-order valence-electron chi connectivity index (χ3n) is 2.40. The number of nitrogens with two attached hydrogens (primary N) is 1. The van der Waals surface area contributed by atoms with Crippen LogP contribution in [0.15, 0.2) is 0 Å². The largest absolute Gasteiger partial charge is 0.481 e. The van der Waals surface area contributed by atoms with Gasteiger partial charge in [-0.15, -0.1) is 0 Å². The number of aliphatic carboxylic acids is 1. The van der Waals surface area contributed by atoms with Crippen LogP contribution in [0.2, 0.25) is 0 Å². The maximum absolute atomic E-state index is 11.5. The molecule has 1 aliphatic rings. The number of carbonyl (C=O) groups excluding carboxylic acids is 2. The predicted octanol–water partition coefficient (Wildman–Crippen LogP) is -1.02. The second-order valence-corrected chi connectivity index (χ2v) is 3.96. The summed E-state index contributed by atoms with van der Waals surface area (Å²) in [5.74, 6) is -1.86. The molecule has 0 aromatic carbocycles. The number of urea groups is 1. The zero-order valence-corrected chi connectivity index (χ0v) is 8.97. The van der Waals surface area contributed by atoms with Gasteiger partial charge in [-0.25, -0.2) is 4.79 Å². The van der Waals surface area contributed by atoms with Gasteiger partial charge >= 0.3 is 12.0 Å². The number of amides is 3. The average Bonchev–Trinajstić information content (AvgIpc) is 1.96. The molecule has 0 aromatic rings. The Hall–Kier alpha value is -1.79. The molecule has 90 valence electrons. The number of hydrogen-bond acceptors (Lipinski definition) is 3. The highest BCUT2D eigenvalue weighted by molar-refractivity contribution is 5.81. The minimum absolute atomic E-state index is 0.0714. The number of rotatable bonds is 4. The number of carboxylic acid groups (broad SMARTS) is 1. The van der Waals surface area contributed by atoms with Gasteiger partial charge in [-0.1, -0.05) is 0 Å². The van der Waals surface area contributed by atoms with Crippen LogP contribution in [0, 0.1) is 5.92 Å². The van der Waals surface area contributed by atoms with E-state index in [1.807, 2.05) is 0 Å². The van der Waals surface area contributed by atoms with Gasteiger partial charge in [-0.2, -0.15) is 0 Å². The number of likely N-dealkylation sites (tertiary alicyclic amines) is 1. The summed E-state index contributed by atoms with van der Waals surface area (Å²) in [5.41, 5.74) is 4.97. The summed E-state index contributed by atoms with van der Waals surface area (Å²) in [7, 11) is 0. The molecule has 0 radical (unpaired) electrons. The van der Waals surface area contributed by atoms with E-state index in [1.54, 1.807) is 6.92 Å². The number of carboxylic acids is 1. The fraction of sp³-hybridized carbons (Fsp3) is 0.667. The first-order chi connectivity index (χ1) is 7.40. The molecular weight excluding hydrogens is 214 g/mol. The Labute approximate surface area is 92.6 Å². The van der Waals surface area contributed by atoms with E-state index in [0.717, 1.165) is 0 Å². The van der Waals surface area contributed by atoms with E-state index in [-0.39, 0.29) is 31.6 Å². The van der Waals surface area contributed by atoms with Gasteiger partial charge in [0.15, 0.2) is 0 Å². The molecule has 3 amide bonds. The monoisotopic (exact) mass is 229 g/mol. The van der Waals surface area contributed by atoms with Crippen molar-refractivity contribution in [1.82, 2.24) is 10.2 Å². The van der Waals surface area contributed by atoms with E-state index >= 15 is 0 Å². The Balaban J connectivity index is 2.27. The van der Waals surface area contributed by atoms with Crippen molar-refractivity contribution in [3.05, 3.63) is 0 Å². The molecule has 0 bridgehead atoms. The molecule has 4 N–H and O–H groups in total. The Morgan fingerprint density at radius 3 is 2.50 bits per heavy atom. The van der Waals surface area contributed by atoms with Crippen molar-refractivity contribution in [3.63, 3.8) is 0 Å². The molecule has 1 unspecified atom stereocenters. The van der Waals surface area contributed by atoms with Crippen molar-refractivity contribution in [3.8, 4) is 0 Å². The number of nitrogens with one attached hydrogen (secondary N) is 1. The van der Waals surface area contributed by atoms with Crippen LogP contribution in [-0.2, 0) is 9.59 Å². The Morgan fingerprint density at radius 2 is 2.06 bits per heavy atom. The summed E-state index contributed by atoms with van der Waals surface area (Å²) < 4.78 is 0. The van der Waals surface area contributed by atoms with Gasteiger partial charge in [0, 0.05) is 25.6 Å². The van der Waals surface area contributed by atoms with Gasteiger partial charge in [0.25, 0.3) is 0 Å². The predicted molar refractivity (Wildman–Crippen MR) is 54.5 cm³/mol. The Bertz CT molecular complexity index is 312. The second-order valence-electron chi connectivity index (χ2n) is 3.96. The van der Waals surface area contributed by atoms with Crippen molar-refractivity contribution in [2.45, 2.75) is 19.4 Å². The Morgan fingerprint density at radius 1 is 1.50 bits per heavy atom. The molecule has 1 fully saturated rings. The van der Waals surface area contributed by atoms with Crippen LogP contribution >= 0.6 is 0 Å². The van der Waals surface area contributed by atoms with E-state index in [0.29, 0.717) is 0 Å². The lowest BCUT2D eigenvalue weighted by molar-refractivity contribution is -0.146. The lowest BCUT2D eigenvalue weighted by Gasteiger charge is -2.37. The Kier molecular flexibility index (Phi) is 3.70. The fourth-order valence-electron chi connectivity index (χ4n) is 1.46. The van der Waals surface area contributed by atoms with Crippen LogP contribution in [0.3, 0.4) is 0 Å². The van der Waals surface area contributed by atoms with Crippen molar-refractivity contribution < 1.29 is 19.5 Å². The normalized spacial score (nSPS) is 17.4. The lowest BCUT2D eigenvalue weighted by atomic mass is 10.0. The smallest absolute Gasteiger partial charge is 0.317 e. The molecule has 1 saturated heterocycles. The second kappa shape index (κ2) is 4.82. The van der Waals surface area contributed by atoms with E-state index in [2.05, 4.69) is 5.32 Å². The summed E-state index contributed by atoms with van der Waals surface area (Å²) in [6.07, 6.45) is 0.0714. The van der Waals surface area contributed by atoms with Gasteiger partial charge < -0.3 is 21.1 Å². The highest BCUT2D eigenvalue weighted by Gasteiger charge is 2.35. The summed E-state index contributed by atoms with van der Waals surface area (Å²) in [5, 5.41) is 11.2. The zero-order chi connectivity index (χ0) is 12.3. The summed E-state index contributed by atoms with van der Waals surface area (Å²) in [6, 6.07) is -0.694. The molecule has 1 atom stereocenters. The number of nitrogens with zero attached hydrogens (tertiary/aromatic N) is 1. The summed E-state index contributed by atoms with van der Waals surface area (Å²) >= 11 is 0. The van der Waals surface area contributed by atoms with Crippen LogP contribution < -0.4 is 11.1 Å². The van der Waals surface area contributed by atoms with Gasteiger partial charge in [-0.3, -0.25) is 9.59 Å². The third-order valence-corrected chi connectivity index (χ3v) is 2.40. The molecule has 16 heavy (non-hydrogen) atoms. The standard InChI is InChI=1S/C9H15N3O4/c1-5(2-7(10)13)11-9(16)12-3-6(4-12)8(14)15/h5-6H,2-4H2,1H3,(H2,10,13)(H,11,16)(H,14,15). The maximum atomic E-state index is 11.5. The fourth-order valence-corrected chi connectivity index (χ4v) is 1.46. The topological polar surface area (TPSA) is 113 Å². The van der Waals surface area contributed by atoms with E-state index in [1.165, 1.54) is 4.90 Å². The SMILES string of the molecule is CC(CC(N)=O)NC(=O)N1CC(C(=O)O)C1. The molecule has 7 heteroatoms.